The molecule has 111 heavy (non-hydrogen) atoms. The molecule has 4 heterocycles. The van der Waals surface area contributed by atoms with E-state index in [1.54, 1.807) is 12.3 Å². The number of fused-ring (bicyclic) bond motifs is 8. The fraction of sp³-hybridized carbons (Fsp3) is 0.184. The van der Waals surface area contributed by atoms with Gasteiger partial charge in [0.25, 0.3) is 0 Å². The van der Waals surface area contributed by atoms with Gasteiger partial charge >= 0.3 is 0 Å². The van der Waals surface area contributed by atoms with Crippen LogP contribution in [0.3, 0.4) is 0 Å². The van der Waals surface area contributed by atoms with Crippen molar-refractivity contribution in [3.8, 4) is 89.8 Å². The van der Waals surface area contributed by atoms with Crippen LogP contribution >= 0.6 is 0 Å². The van der Waals surface area contributed by atoms with Crippen LogP contribution in [0.25, 0.3) is 112 Å². The summed E-state index contributed by atoms with van der Waals surface area (Å²) < 4.78 is 21.3. The topological polar surface area (TPSA) is 71.3 Å². The molecule has 2 aliphatic carbocycles. The van der Waals surface area contributed by atoms with Gasteiger partial charge in [0.2, 0.25) is 0 Å². The third-order valence-electron chi connectivity index (χ3n) is 21.2. The molecule has 0 bridgehead atoms. The number of nitrogens with zero attached hydrogens (tertiary/aromatic N) is 8. The molecule has 16 aromatic rings. The molecule has 0 fully saturated rings. The minimum absolute atomic E-state index is 0. The first kappa shape index (κ1) is 82.5. The van der Waals surface area contributed by atoms with E-state index in [4.69, 9.17) is 5.10 Å². The van der Waals surface area contributed by atoms with Gasteiger partial charge in [-0.2, -0.15) is 75.0 Å². The van der Waals surface area contributed by atoms with E-state index >= 15 is 0 Å². The van der Waals surface area contributed by atoms with Crippen molar-refractivity contribution in [2.75, 3.05) is 0 Å². The number of rotatable bonds is 12. The predicted octanol–water partition coefficient (Wildman–Crippen LogP) is 24.9. The number of aromatic nitrogens is 8. The first-order chi connectivity index (χ1) is 51.8. The molecule has 0 amide bonds. The van der Waals surface area contributed by atoms with Crippen LogP contribution in [0.4, 0.5) is 4.39 Å². The third-order valence-corrected chi connectivity index (χ3v) is 21.2. The van der Waals surface area contributed by atoms with Crippen LogP contribution in [0.15, 0.2) is 286 Å². The molecule has 0 aliphatic heterocycles. The summed E-state index contributed by atoms with van der Waals surface area (Å²) in [7, 11) is 0. The van der Waals surface area contributed by atoms with E-state index in [9.17, 15) is 4.39 Å². The smallest absolute Gasteiger partial charge is 0.0926 e. The zero-order valence-corrected chi connectivity index (χ0v) is 73.7. The monoisotopic (exact) mass is 2170 g/mol. The van der Waals surface area contributed by atoms with Gasteiger partial charge in [0.1, 0.15) is 0 Å². The molecule has 567 valence electrons. The van der Waals surface area contributed by atoms with Gasteiger partial charge in [-0.15, -0.1) is 58.7 Å². The summed E-state index contributed by atoms with van der Waals surface area (Å²) in [5.74, 6) is 1.48. The van der Waals surface area contributed by atoms with Crippen LogP contribution in [0, 0.1) is 30.1 Å². The second-order valence-corrected chi connectivity index (χ2v) is 30.2. The number of para-hydroxylation sites is 2. The van der Waals surface area contributed by atoms with Crippen molar-refractivity contribution in [3.63, 3.8) is 0 Å². The Morgan fingerprint density at radius 3 is 1.36 bits per heavy atom. The Morgan fingerprint density at radius 2 is 0.838 bits per heavy atom. The summed E-state index contributed by atoms with van der Waals surface area (Å²) in [6.45, 7) is 27.3. The number of hydrogen-bond acceptors (Lipinski definition) is 4. The Morgan fingerprint density at radius 1 is 0.369 bits per heavy atom. The van der Waals surface area contributed by atoms with Crippen LogP contribution in [-0.2, 0) is 92.2 Å². The van der Waals surface area contributed by atoms with Crippen LogP contribution in [0.2, 0.25) is 0 Å². The largest absolute Gasteiger partial charge is 0.284 e. The molecule has 0 saturated carbocycles. The zero-order valence-electron chi connectivity index (χ0n) is 64.2. The Hall–Kier alpha value is -9.43. The van der Waals surface area contributed by atoms with Gasteiger partial charge in [-0.25, -0.2) is 0 Å². The van der Waals surface area contributed by atoms with Crippen LogP contribution in [-0.4, -0.2) is 39.1 Å². The Balaban J connectivity index is 0.000000146. The third kappa shape index (κ3) is 16.5. The molecule has 13 heteroatoms. The van der Waals surface area contributed by atoms with Crippen molar-refractivity contribution >= 4 is 21.8 Å². The van der Waals surface area contributed by atoms with Gasteiger partial charge in [-0.05, 0) is 137 Å². The van der Waals surface area contributed by atoms with Gasteiger partial charge in [0.05, 0.1) is 28.6 Å². The molecule has 18 rings (SSSR count). The molecule has 3 radical (unpaired) electrons. The average Bonchev–Trinajstić information content (AvgIpc) is 1.65. The summed E-state index contributed by atoms with van der Waals surface area (Å²) in [6, 6.07) is 103. The standard InChI is InChI=1S/C30H24FN2.C24H29N2.2C22H17N2.3Ir.Pt/c1-21(2)24-19-27(22-9-5-3-6-10-22)30(28(20-24)23-11-7-4-8-12-23)29-17-18-32-33(29)26-15-13-25(31)14-16-26;1-16(2)19-14-21(17(3)4)24(22(15-19)18(5)6)23-12-13-25-26(23)20-10-8-7-9-11-20;1-22(2)19-9-5-4-8-17(19)18-12-11-16(13-20(18)22)24-14-15-7-3-6-10-21(15)23-24;1-22(2)19-9-5-4-8-17(19)18-12-11-16(13-20(18)22)24-21-10-6-3-7-15(21)14-23-24;;;;/h3-15,17-21H,1-2H3;7-10,12-18H,1-6H3;2*3-10,12-14H,1-2H3;;;;/q4*-1;;;;. The SMILES string of the molecule is CC(C)c1cc(-c2ccccc2)c(-c2ccnn2-c2[c-]cc(F)cc2)c(-c2ccccc2)c1.CC(C)c1cc(C(C)C)c(-c2ccnn2-c2[c-]cccc2)c(C(C)C)c1.CC1(C)c2ccccc2-c2c[c-]c(-n3cc4ccccc4n3)cc21.CC1(C)c2ccccc2-c2c[c-]c(-n3ncc4ccccc43)cc21.[Ir].[Ir].[Ir].[Pt]. The minimum atomic E-state index is -0.316. The zero-order chi connectivity index (χ0) is 74.3. The Kier molecular flexibility index (Phi) is 26.1. The van der Waals surface area contributed by atoms with E-state index in [0.29, 0.717) is 29.4 Å². The van der Waals surface area contributed by atoms with Crippen molar-refractivity contribution in [2.45, 2.75) is 118 Å². The van der Waals surface area contributed by atoms with Crippen molar-refractivity contribution in [1.82, 2.24) is 39.1 Å². The van der Waals surface area contributed by atoms with E-state index < -0.39 is 0 Å². The molecule has 2 aliphatic rings. The van der Waals surface area contributed by atoms with E-state index in [1.165, 1.54) is 84.5 Å². The van der Waals surface area contributed by atoms with E-state index in [2.05, 4.69) is 305 Å². The van der Waals surface area contributed by atoms with Gasteiger partial charge in [0, 0.05) is 128 Å². The minimum Gasteiger partial charge on any atom is -0.284 e. The van der Waals surface area contributed by atoms with Gasteiger partial charge in [-0.1, -0.05) is 264 Å². The van der Waals surface area contributed by atoms with Crippen molar-refractivity contribution < 1.29 is 85.8 Å². The van der Waals surface area contributed by atoms with Crippen molar-refractivity contribution in [3.05, 3.63) is 360 Å². The van der Waals surface area contributed by atoms with E-state index in [0.717, 1.165) is 78.1 Å². The summed E-state index contributed by atoms with van der Waals surface area (Å²) in [4.78, 5) is 0. The first-order valence-corrected chi connectivity index (χ1v) is 37.2. The van der Waals surface area contributed by atoms with Crippen LogP contribution in [0.5, 0.6) is 0 Å². The Labute approximate surface area is 708 Å². The molecular formula is C98H87FIr3N8Pt-4. The molecule has 0 atom stereocenters. The number of hydrogen-bond donors (Lipinski definition) is 0. The van der Waals surface area contributed by atoms with E-state index in [-0.39, 0.29) is 98.0 Å². The number of halogens is 1. The summed E-state index contributed by atoms with van der Waals surface area (Å²) in [5.41, 5.74) is 31.0. The maximum Gasteiger partial charge on any atom is 0.0926 e. The van der Waals surface area contributed by atoms with Crippen LogP contribution < -0.4 is 0 Å². The normalized spacial score (nSPS) is 12.4. The van der Waals surface area contributed by atoms with Gasteiger partial charge < -0.3 is 0 Å². The Bertz CT molecular complexity index is 5740. The molecule has 0 N–H and O–H groups in total. The molecule has 12 aromatic carbocycles. The molecule has 0 spiro atoms. The quantitative estimate of drug-likeness (QED) is 0.114. The molecular weight excluding hydrogens is 2080 g/mol. The molecule has 0 saturated heterocycles. The van der Waals surface area contributed by atoms with E-state index in [1.807, 2.05) is 97.9 Å². The van der Waals surface area contributed by atoms with Gasteiger partial charge in [0.15, 0.2) is 0 Å². The number of benzene rings is 12. The molecule has 8 nitrogen and oxygen atoms in total. The average molecular weight is 2170 g/mol. The molecule has 0 unspecified atom stereocenters. The first-order valence-electron chi connectivity index (χ1n) is 37.2. The van der Waals surface area contributed by atoms with Gasteiger partial charge in [-0.3, -0.25) is 23.1 Å². The summed E-state index contributed by atoms with van der Waals surface area (Å²) in [6.07, 6.45) is 7.66. The summed E-state index contributed by atoms with van der Waals surface area (Å²) >= 11 is 0. The maximum atomic E-state index is 13.6. The van der Waals surface area contributed by atoms with Crippen LogP contribution in [0.1, 0.15) is 151 Å². The van der Waals surface area contributed by atoms with Crippen molar-refractivity contribution in [1.29, 1.82) is 0 Å². The second-order valence-electron chi connectivity index (χ2n) is 30.2. The van der Waals surface area contributed by atoms with Crippen molar-refractivity contribution in [2.24, 2.45) is 0 Å². The maximum absolute atomic E-state index is 13.6. The summed E-state index contributed by atoms with van der Waals surface area (Å²) in [5, 5.41) is 20.7. The molecule has 4 aromatic heterocycles. The fourth-order valence-electron chi connectivity index (χ4n) is 15.4. The fourth-order valence-corrected chi connectivity index (χ4v) is 15.4. The predicted molar refractivity (Wildman–Crippen MR) is 438 cm³/mol. The second kappa shape index (κ2) is 35.1.